The highest BCUT2D eigenvalue weighted by atomic mass is 16.3. The Bertz CT molecular complexity index is 2690. The Hall–Kier alpha value is -6.32. The number of rotatable bonds is 10. The van der Waals surface area contributed by atoms with Crippen LogP contribution in [0.3, 0.4) is 0 Å². The van der Waals surface area contributed by atoms with E-state index in [0.717, 1.165) is 63.2 Å². The van der Waals surface area contributed by atoms with Crippen LogP contribution in [0.15, 0.2) is 78.5 Å². The number of aromatic nitrogens is 5. The van der Waals surface area contributed by atoms with Crippen molar-refractivity contribution in [1.29, 1.82) is 0 Å². The highest BCUT2D eigenvalue weighted by Crippen LogP contribution is 2.41. The third-order valence-corrected chi connectivity index (χ3v) is 13.7. The lowest BCUT2D eigenvalue weighted by Crippen LogP contribution is -2.58. The van der Waals surface area contributed by atoms with Gasteiger partial charge in [-0.2, -0.15) is 0 Å². The highest BCUT2D eigenvalue weighted by molar-refractivity contribution is 6.06. The second-order valence-electron chi connectivity index (χ2n) is 18.8. The molecule has 0 bridgehead atoms. The van der Waals surface area contributed by atoms with Crippen LogP contribution in [0.1, 0.15) is 73.5 Å². The average molecular weight is 866 g/mol. The number of hydrogen-bond donors (Lipinski definition) is 3. The summed E-state index contributed by atoms with van der Waals surface area (Å²) in [5.41, 5.74) is 8.53. The third-order valence-electron chi connectivity index (χ3n) is 13.7. The number of hydrogen-bond acceptors (Lipinski definition) is 11. The molecule has 3 N–H and O–H groups in total. The molecule has 4 aliphatic rings. The fraction of sp³-hybridized carbons (Fsp3) is 0.429. The van der Waals surface area contributed by atoms with Gasteiger partial charge in [-0.3, -0.25) is 29.2 Å². The van der Waals surface area contributed by atoms with Crippen molar-refractivity contribution >= 4 is 46.2 Å². The number of pyridine rings is 2. The van der Waals surface area contributed by atoms with Crippen molar-refractivity contribution < 1.29 is 14.7 Å². The maximum absolute atomic E-state index is 14.0. The molecule has 64 heavy (non-hydrogen) atoms. The Balaban J connectivity index is 0.937. The number of aliphatic hydroxyl groups is 1. The summed E-state index contributed by atoms with van der Waals surface area (Å²) in [5.74, 6) is -0.0765. The van der Waals surface area contributed by atoms with Gasteiger partial charge in [0.1, 0.15) is 11.5 Å². The van der Waals surface area contributed by atoms with Gasteiger partial charge in [0.25, 0.3) is 11.5 Å². The number of aliphatic hydroxyl groups excluding tert-OH is 1. The van der Waals surface area contributed by atoms with Crippen LogP contribution in [0, 0.1) is 12.3 Å². The fourth-order valence-electron chi connectivity index (χ4n) is 10.5. The molecule has 5 aromatic rings. The number of fused-ring (bicyclic) bond motifs is 3. The quantitative estimate of drug-likeness (QED) is 0.140. The highest BCUT2D eigenvalue weighted by Gasteiger charge is 2.38. The maximum Gasteiger partial charge on any atom is 0.293 e. The lowest BCUT2D eigenvalue weighted by molar-refractivity contribution is -0.111. The van der Waals surface area contributed by atoms with Crippen LogP contribution < -0.4 is 30.9 Å². The van der Waals surface area contributed by atoms with E-state index in [0.29, 0.717) is 64.9 Å². The SMILES string of the molecule is C=CC(=O)Nc1cc(Nc2nc(-c3ccnc(N4CCn5c(cc6c5CC(C)(C)C6)C4=O)c3CO)cn(C)c2=O)ccc1N1CCN(C2CCN(c3ccc(C)nc3)[C@@H](C)C2)C[C@@H]1C. The summed E-state index contributed by atoms with van der Waals surface area (Å²) in [4.78, 5) is 63.5. The summed E-state index contributed by atoms with van der Waals surface area (Å²) in [7, 11) is 1.65. The normalized spacial score (nSPS) is 20.8. The lowest BCUT2D eigenvalue weighted by Gasteiger charge is -2.48. The van der Waals surface area contributed by atoms with Crippen molar-refractivity contribution in [2.75, 3.05) is 58.1 Å². The van der Waals surface area contributed by atoms with Crippen molar-refractivity contribution in [3.8, 4) is 11.3 Å². The van der Waals surface area contributed by atoms with Gasteiger partial charge in [-0.05, 0) is 106 Å². The number of amides is 2. The smallest absolute Gasteiger partial charge is 0.293 e. The third kappa shape index (κ3) is 8.06. The Labute approximate surface area is 374 Å². The van der Waals surface area contributed by atoms with Crippen LogP contribution in [0.2, 0.25) is 0 Å². The predicted molar refractivity (Wildman–Crippen MR) is 252 cm³/mol. The standard InChI is InChI=1S/C49H59N11O4/c1-8-44(62)53-39-23-34(10-12-41(39)58-18-17-56(27-32(58)4)35-14-16-57(31(3)21-35)36-11-9-30(2)51-26-36)52-45-48(64)55(7)28-40(54-45)37-13-15-50-46(38(37)29-61)60-20-19-59-42(47(60)63)22-33-24-49(5,6)25-43(33)59/h8-13,15,22-23,26,28,31-32,35,61H,1,14,16-21,24-25,27,29H2,2-7H3,(H,52,54)(H,53,62)/t31-,32-,35?/m0/s1. The molecule has 0 radical (unpaired) electrons. The number of carbonyl (C=O) groups is 2. The van der Waals surface area contributed by atoms with Crippen LogP contribution in [0.5, 0.6) is 0 Å². The summed E-state index contributed by atoms with van der Waals surface area (Å²) < 4.78 is 3.59. The Kier molecular flexibility index (Phi) is 11.4. The van der Waals surface area contributed by atoms with E-state index in [1.54, 1.807) is 30.4 Å². The van der Waals surface area contributed by atoms with E-state index in [-0.39, 0.29) is 34.6 Å². The number of piperidine rings is 1. The summed E-state index contributed by atoms with van der Waals surface area (Å²) in [6.45, 7) is 18.9. The number of carbonyl (C=O) groups excluding carboxylic acids is 2. The predicted octanol–water partition coefficient (Wildman–Crippen LogP) is 6.06. The first kappa shape index (κ1) is 43.0. The van der Waals surface area contributed by atoms with Gasteiger partial charge < -0.3 is 34.7 Å². The molecule has 2 saturated heterocycles. The van der Waals surface area contributed by atoms with Crippen molar-refractivity contribution in [3.05, 3.63) is 112 Å². The maximum atomic E-state index is 14.0. The minimum Gasteiger partial charge on any atom is -0.392 e. The number of nitrogens with zero attached hydrogens (tertiary/aromatic N) is 9. The summed E-state index contributed by atoms with van der Waals surface area (Å²) in [6.07, 6.45) is 10.5. The van der Waals surface area contributed by atoms with Crippen molar-refractivity contribution in [1.82, 2.24) is 29.0 Å². The summed E-state index contributed by atoms with van der Waals surface area (Å²) >= 11 is 0. The largest absolute Gasteiger partial charge is 0.392 e. The number of aryl methyl sites for hydroxylation is 2. The van der Waals surface area contributed by atoms with E-state index in [9.17, 15) is 19.5 Å². The van der Waals surface area contributed by atoms with Crippen LogP contribution in [-0.4, -0.2) is 96.8 Å². The number of piperazine rings is 1. The second-order valence-corrected chi connectivity index (χ2v) is 18.8. The molecule has 7 heterocycles. The minimum absolute atomic E-state index is 0.0567. The monoisotopic (exact) mass is 865 g/mol. The molecule has 1 aromatic carbocycles. The van der Waals surface area contributed by atoms with Crippen molar-refractivity contribution in [3.63, 3.8) is 0 Å². The van der Waals surface area contributed by atoms with Crippen LogP contribution >= 0.6 is 0 Å². The summed E-state index contributed by atoms with van der Waals surface area (Å²) in [6, 6.07) is 14.7. The van der Waals surface area contributed by atoms with Crippen molar-refractivity contribution in [2.24, 2.45) is 12.5 Å². The van der Waals surface area contributed by atoms with E-state index in [1.807, 2.05) is 37.4 Å². The van der Waals surface area contributed by atoms with Crippen LogP contribution in [0.25, 0.3) is 11.3 Å². The van der Waals surface area contributed by atoms with Gasteiger partial charge in [-0.15, -0.1) is 0 Å². The van der Waals surface area contributed by atoms with E-state index in [4.69, 9.17) is 4.98 Å². The molecular weight excluding hydrogens is 807 g/mol. The van der Waals surface area contributed by atoms with Gasteiger partial charge >= 0.3 is 0 Å². The molecular formula is C49H59N11O4. The summed E-state index contributed by atoms with van der Waals surface area (Å²) in [5, 5.41) is 17.1. The molecule has 1 aliphatic carbocycles. The number of nitrogens with one attached hydrogen (secondary N) is 2. The molecule has 0 spiro atoms. The zero-order valence-corrected chi connectivity index (χ0v) is 37.8. The number of anilines is 6. The van der Waals surface area contributed by atoms with E-state index in [2.05, 4.69) is 86.3 Å². The molecule has 3 atom stereocenters. The van der Waals surface area contributed by atoms with Gasteiger partial charge in [-0.1, -0.05) is 20.4 Å². The zero-order chi connectivity index (χ0) is 45.0. The lowest BCUT2D eigenvalue weighted by atomic mass is 9.90. The van der Waals surface area contributed by atoms with Gasteiger partial charge in [0, 0.05) is 105 Å². The first-order valence-electron chi connectivity index (χ1n) is 22.5. The van der Waals surface area contributed by atoms with Crippen molar-refractivity contribution in [2.45, 2.75) is 91.6 Å². The number of benzene rings is 1. The second kappa shape index (κ2) is 17.0. The van der Waals surface area contributed by atoms with E-state index < -0.39 is 6.61 Å². The topological polar surface area (TPSA) is 157 Å². The fourth-order valence-corrected chi connectivity index (χ4v) is 10.5. The molecule has 4 aromatic heterocycles. The molecule has 0 saturated carbocycles. The van der Waals surface area contributed by atoms with Gasteiger partial charge in [0.05, 0.1) is 35.6 Å². The molecule has 15 nitrogen and oxygen atoms in total. The Morgan fingerprint density at radius 1 is 0.984 bits per heavy atom. The molecule has 2 amide bonds. The minimum atomic E-state index is -0.397. The molecule has 2 fully saturated rings. The molecule has 15 heteroatoms. The van der Waals surface area contributed by atoms with Crippen LogP contribution in [0.4, 0.5) is 34.4 Å². The van der Waals surface area contributed by atoms with Gasteiger partial charge in [0.2, 0.25) is 5.91 Å². The Morgan fingerprint density at radius 2 is 1.81 bits per heavy atom. The van der Waals surface area contributed by atoms with E-state index in [1.165, 1.54) is 27.6 Å². The zero-order valence-electron chi connectivity index (χ0n) is 37.8. The molecule has 334 valence electrons. The van der Waals surface area contributed by atoms with Crippen LogP contribution in [-0.2, 0) is 37.8 Å². The van der Waals surface area contributed by atoms with E-state index >= 15 is 0 Å². The molecule has 3 aliphatic heterocycles. The first-order valence-corrected chi connectivity index (χ1v) is 22.5. The average Bonchev–Trinajstić information content (AvgIpc) is 3.77. The molecule has 1 unspecified atom stereocenters. The van der Waals surface area contributed by atoms with Gasteiger partial charge in [0.15, 0.2) is 5.82 Å². The molecule has 9 rings (SSSR count). The Morgan fingerprint density at radius 3 is 2.55 bits per heavy atom. The van der Waals surface area contributed by atoms with Gasteiger partial charge in [-0.25, -0.2) is 9.97 Å². The first-order chi connectivity index (χ1) is 30.7.